The first-order valence-corrected chi connectivity index (χ1v) is 12.9. The molecule has 0 aliphatic carbocycles. The van der Waals surface area contributed by atoms with Crippen LogP contribution in [-0.4, -0.2) is 33.2 Å². The normalized spacial score (nSPS) is 11.7. The molecule has 0 atom stereocenters. The Kier molecular flexibility index (Phi) is 8.53. The summed E-state index contributed by atoms with van der Waals surface area (Å²) in [6.45, 7) is 7.38. The van der Waals surface area contributed by atoms with Gasteiger partial charge >= 0.3 is 0 Å². The van der Waals surface area contributed by atoms with Crippen molar-refractivity contribution in [3.63, 3.8) is 0 Å². The Bertz CT molecular complexity index is 1320. The molecule has 1 amide bonds. The monoisotopic (exact) mass is 513 g/mol. The van der Waals surface area contributed by atoms with E-state index in [-0.39, 0.29) is 4.90 Å². The lowest BCUT2D eigenvalue weighted by Gasteiger charge is -2.25. The van der Waals surface area contributed by atoms with Gasteiger partial charge in [-0.25, -0.2) is 13.8 Å². The molecule has 7 nitrogen and oxygen atoms in total. The molecule has 3 aromatic rings. The standard InChI is InChI=1S/C26H28ClN3O4S/c1-5-34-23-11-8-21(9-12-23)20(4)28-29-26(31)17-30(25-15-10-22(27)16-19(25)3)35(32,33)24-13-6-18(2)7-14-24/h6-16H,5,17H2,1-4H3,(H,29,31)/b28-20-. The third kappa shape index (κ3) is 6.61. The number of halogens is 1. The summed E-state index contributed by atoms with van der Waals surface area (Å²) >= 11 is 6.07. The molecular weight excluding hydrogens is 486 g/mol. The Hall–Kier alpha value is -3.36. The Morgan fingerprint density at radius 1 is 1.03 bits per heavy atom. The molecule has 0 bridgehead atoms. The molecule has 3 rings (SSSR count). The van der Waals surface area contributed by atoms with E-state index in [0.717, 1.165) is 21.2 Å². The fraction of sp³-hybridized carbons (Fsp3) is 0.231. The van der Waals surface area contributed by atoms with E-state index in [2.05, 4.69) is 10.5 Å². The number of hydrazone groups is 1. The molecule has 0 heterocycles. The third-order valence-corrected chi connectivity index (χ3v) is 7.26. The minimum absolute atomic E-state index is 0.0827. The number of carbonyl (C=O) groups excluding carboxylic acids is 1. The van der Waals surface area contributed by atoms with E-state index in [1.807, 2.05) is 38.1 Å². The van der Waals surface area contributed by atoms with Gasteiger partial charge in [0.25, 0.3) is 15.9 Å². The zero-order valence-electron chi connectivity index (χ0n) is 20.1. The van der Waals surface area contributed by atoms with Crippen LogP contribution in [0.4, 0.5) is 5.69 Å². The summed E-state index contributed by atoms with van der Waals surface area (Å²) in [6, 6.07) is 18.6. The summed E-state index contributed by atoms with van der Waals surface area (Å²) in [5.74, 6) is 0.156. The third-order valence-electron chi connectivity index (χ3n) is 5.26. The van der Waals surface area contributed by atoms with Crippen LogP contribution in [0.5, 0.6) is 5.75 Å². The van der Waals surface area contributed by atoms with E-state index in [1.165, 1.54) is 12.1 Å². The smallest absolute Gasteiger partial charge is 0.264 e. The number of amides is 1. The van der Waals surface area contributed by atoms with Gasteiger partial charge in [0.1, 0.15) is 12.3 Å². The van der Waals surface area contributed by atoms with Gasteiger partial charge in [-0.3, -0.25) is 9.10 Å². The van der Waals surface area contributed by atoms with Crippen molar-refractivity contribution in [3.8, 4) is 5.75 Å². The van der Waals surface area contributed by atoms with Gasteiger partial charge in [-0.2, -0.15) is 5.10 Å². The predicted molar refractivity (Wildman–Crippen MR) is 140 cm³/mol. The number of benzene rings is 3. The van der Waals surface area contributed by atoms with Gasteiger partial charge in [0, 0.05) is 5.02 Å². The number of ether oxygens (including phenoxy) is 1. The quantitative estimate of drug-likeness (QED) is 0.319. The molecule has 35 heavy (non-hydrogen) atoms. The van der Waals surface area contributed by atoms with Crippen LogP contribution in [0.1, 0.15) is 30.5 Å². The van der Waals surface area contributed by atoms with Crippen LogP contribution in [0.15, 0.2) is 76.7 Å². The number of nitrogens with zero attached hydrogens (tertiary/aromatic N) is 2. The number of aryl methyl sites for hydroxylation is 2. The number of nitrogens with one attached hydrogen (secondary N) is 1. The minimum Gasteiger partial charge on any atom is -0.494 e. The molecule has 1 N–H and O–H groups in total. The average Bonchev–Trinajstić information content (AvgIpc) is 2.82. The number of anilines is 1. The summed E-state index contributed by atoms with van der Waals surface area (Å²) in [4.78, 5) is 12.9. The molecular formula is C26H28ClN3O4S. The first-order chi connectivity index (χ1) is 16.6. The highest BCUT2D eigenvalue weighted by Crippen LogP contribution is 2.29. The number of rotatable bonds is 9. The summed E-state index contributed by atoms with van der Waals surface area (Å²) in [7, 11) is -4.04. The van der Waals surface area contributed by atoms with Gasteiger partial charge in [0.05, 0.1) is 22.9 Å². The van der Waals surface area contributed by atoms with Crippen LogP contribution in [0.2, 0.25) is 5.02 Å². The van der Waals surface area contributed by atoms with Crippen LogP contribution in [0.3, 0.4) is 0 Å². The molecule has 0 aliphatic rings. The maximum atomic E-state index is 13.5. The highest BCUT2D eigenvalue weighted by atomic mass is 35.5. The Morgan fingerprint density at radius 3 is 2.29 bits per heavy atom. The van der Waals surface area contributed by atoms with Gasteiger partial charge in [-0.1, -0.05) is 29.3 Å². The maximum absolute atomic E-state index is 13.5. The Morgan fingerprint density at radius 2 is 1.69 bits per heavy atom. The molecule has 3 aromatic carbocycles. The van der Waals surface area contributed by atoms with Crippen LogP contribution in [0, 0.1) is 13.8 Å². The molecule has 184 valence electrons. The molecule has 0 radical (unpaired) electrons. The van der Waals surface area contributed by atoms with Crippen LogP contribution < -0.4 is 14.5 Å². The lowest BCUT2D eigenvalue weighted by molar-refractivity contribution is -0.119. The molecule has 0 aliphatic heterocycles. The van der Waals surface area contributed by atoms with Crippen molar-refractivity contribution in [3.05, 3.63) is 88.4 Å². The minimum atomic E-state index is -4.04. The number of sulfonamides is 1. The van der Waals surface area contributed by atoms with E-state index >= 15 is 0 Å². The SMILES string of the molecule is CCOc1ccc(/C(C)=N\NC(=O)CN(c2ccc(Cl)cc2C)S(=O)(=O)c2ccc(C)cc2)cc1. The summed E-state index contributed by atoms with van der Waals surface area (Å²) < 4.78 is 33.6. The molecule has 9 heteroatoms. The molecule has 0 spiro atoms. The fourth-order valence-electron chi connectivity index (χ4n) is 3.37. The highest BCUT2D eigenvalue weighted by molar-refractivity contribution is 7.92. The fourth-order valence-corrected chi connectivity index (χ4v) is 5.08. The van der Waals surface area contributed by atoms with Crippen molar-refractivity contribution in [1.29, 1.82) is 0 Å². The van der Waals surface area contributed by atoms with Crippen LogP contribution >= 0.6 is 11.6 Å². The first kappa shape index (κ1) is 26.2. The second-order valence-corrected chi connectivity index (χ2v) is 10.2. The number of hydrogen-bond donors (Lipinski definition) is 1. The number of hydrogen-bond acceptors (Lipinski definition) is 5. The maximum Gasteiger partial charge on any atom is 0.264 e. The van der Waals surface area contributed by atoms with Crippen molar-refractivity contribution in [2.75, 3.05) is 17.5 Å². The van der Waals surface area contributed by atoms with Crippen molar-refractivity contribution in [2.24, 2.45) is 5.10 Å². The molecule has 0 fully saturated rings. The largest absolute Gasteiger partial charge is 0.494 e. The topological polar surface area (TPSA) is 88.1 Å². The van der Waals surface area contributed by atoms with Crippen LogP contribution in [-0.2, 0) is 14.8 Å². The van der Waals surface area contributed by atoms with E-state index in [9.17, 15) is 13.2 Å². The highest BCUT2D eigenvalue weighted by Gasteiger charge is 2.28. The summed E-state index contributed by atoms with van der Waals surface area (Å²) in [5, 5.41) is 4.62. The lowest BCUT2D eigenvalue weighted by Crippen LogP contribution is -2.40. The van der Waals surface area contributed by atoms with Crippen molar-refractivity contribution in [2.45, 2.75) is 32.6 Å². The molecule has 0 unspecified atom stereocenters. The molecule has 0 saturated heterocycles. The van der Waals surface area contributed by atoms with Gasteiger partial charge in [-0.15, -0.1) is 0 Å². The van der Waals surface area contributed by atoms with Gasteiger partial charge in [0.15, 0.2) is 0 Å². The van der Waals surface area contributed by atoms with Gasteiger partial charge < -0.3 is 4.74 Å². The van der Waals surface area contributed by atoms with E-state index in [1.54, 1.807) is 44.2 Å². The summed E-state index contributed by atoms with van der Waals surface area (Å²) in [6.07, 6.45) is 0. The second-order valence-electron chi connectivity index (χ2n) is 7.95. The molecule has 0 aromatic heterocycles. The van der Waals surface area contributed by atoms with E-state index in [4.69, 9.17) is 16.3 Å². The summed E-state index contributed by atoms with van der Waals surface area (Å²) in [5.41, 5.74) is 5.74. The van der Waals surface area contributed by atoms with Crippen molar-refractivity contribution >= 4 is 38.9 Å². The van der Waals surface area contributed by atoms with E-state index < -0.39 is 22.5 Å². The lowest BCUT2D eigenvalue weighted by atomic mass is 10.1. The van der Waals surface area contributed by atoms with Crippen molar-refractivity contribution in [1.82, 2.24) is 5.43 Å². The Balaban J connectivity index is 1.86. The van der Waals surface area contributed by atoms with Gasteiger partial charge in [-0.05, 0) is 93.4 Å². The predicted octanol–water partition coefficient (Wildman–Crippen LogP) is 5.09. The second kappa shape index (κ2) is 11.4. The number of carbonyl (C=O) groups is 1. The Labute approximate surface area is 211 Å². The van der Waals surface area contributed by atoms with Gasteiger partial charge in [0.2, 0.25) is 0 Å². The first-order valence-electron chi connectivity index (χ1n) is 11.0. The average molecular weight is 514 g/mol. The van der Waals surface area contributed by atoms with E-state index in [0.29, 0.717) is 28.6 Å². The van der Waals surface area contributed by atoms with Crippen molar-refractivity contribution < 1.29 is 17.9 Å². The van der Waals surface area contributed by atoms with Crippen LogP contribution in [0.25, 0.3) is 0 Å². The zero-order chi connectivity index (χ0) is 25.6. The molecule has 0 saturated carbocycles. The zero-order valence-corrected chi connectivity index (χ0v) is 21.7.